The molecule has 1 aliphatic rings. The summed E-state index contributed by atoms with van der Waals surface area (Å²) in [6.07, 6.45) is 1.81. The minimum atomic E-state index is -1.22. The van der Waals surface area contributed by atoms with E-state index < -0.39 is 12.0 Å². The van der Waals surface area contributed by atoms with E-state index in [2.05, 4.69) is 10.6 Å². The Morgan fingerprint density at radius 2 is 2.00 bits per heavy atom. The van der Waals surface area contributed by atoms with Crippen molar-refractivity contribution in [3.8, 4) is 5.75 Å². The maximum Gasteiger partial charge on any atom is 0.337 e. The van der Waals surface area contributed by atoms with Crippen molar-refractivity contribution in [3.63, 3.8) is 0 Å². The lowest BCUT2D eigenvalue weighted by molar-refractivity contribution is 0.0670. The topological polar surface area (TPSA) is 108 Å². The molecule has 0 saturated carbocycles. The smallest absolute Gasteiger partial charge is 0.337 e. The maximum atomic E-state index is 11.8. The predicted octanol–water partition coefficient (Wildman–Crippen LogP) is 1.64. The van der Waals surface area contributed by atoms with Crippen LogP contribution in [0.25, 0.3) is 0 Å². The van der Waals surface area contributed by atoms with Gasteiger partial charge in [-0.3, -0.25) is 0 Å². The molecule has 0 radical (unpaired) electrons. The quantitative estimate of drug-likeness (QED) is 0.631. The van der Waals surface area contributed by atoms with Crippen LogP contribution in [0, 0.1) is 5.92 Å². The molecule has 1 aromatic carbocycles. The first-order valence-corrected chi connectivity index (χ1v) is 6.75. The molecular weight excluding hydrogens is 276 g/mol. The molecule has 0 aliphatic carbocycles. The molecule has 1 heterocycles. The van der Waals surface area contributed by atoms with E-state index in [4.69, 9.17) is 9.84 Å². The number of benzene rings is 1. The summed E-state index contributed by atoms with van der Waals surface area (Å²) >= 11 is 0. The average Bonchev–Trinajstić information content (AvgIpc) is 2.48. The first kappa shape index (κ1) is 15.1. The van der Waals surface area contributed by atoms with Crippen LogP contribution in [-0.4, -0.2) is 42.0 Å². The lowest BCUT2D eigenvalue weighted by Gasteiger charge is -2.22. The van der Waals surface area contributed by atoms with Crippen molar-refractivity contribution >= 4 is 17.7 Å². The van der Waals surface area contributed by atoms with Gasteiger partial charge in [0.1, 0.15) is 5.75 Å². The van der Waals surface area contributed by atoms with Crippen LogP contribution in [0.4, 0.5) is 10.5 Å². The average molecular weight is 294 g/mol. The summed E-state index contributed by atoms with van der Waals surface area (Å²) in [7, 11) is 0. The zero-order chi connectivity index (χ0) is 15.2. The van der Waals surface area contributed by atoms with Gasteiger partial charge in [-0.15, -0.1) is 0 Å². The summed E-state index contributed by atoms with van der Waals surface area (Å²) in [5.74, 6) is -1.01. The normalized spacial score (nSPS) is 15.4. The Balaban J connectivity index is 1.91. The Kier molecular flexibility index (Phi) is 4.99. The number of aromatic carboxylic acids is 1. The van der Waals surface area contributed by atoms with Crippen LogP contribution >= 0.6 is 0 Å². The van der Waals surface area contributed by atoms with E-state index in [-0.39, 0.29) is 17.0 Å². The van der Waals surface area contributed by atoms with Crippen molar-refractivity contribution in [1.29, 1.82) is 0 Å². The Labute approximate surface area is 121 Å². The van der Waals surface area contributed by atoms with Crippen LogP contribution in [0.15, 0.2) is 18.2 Å². The van der Waals surface area contributed by atoms with Crippen molar-refractivity contribution in [1.82, 2.24) is 5.32 Å². The SMILES string of the molecule is O=C(NCC1CCOCC1)Nc1ccc(O)cc1C(=O)O. The molecule has 0 atom stereocenters. The fraction of sp³-hybridized carbons (Fsp3) is 0.429. The first-order valence-electron chi connectivity index (χ1n) is 6.75. The lowest BCUT2D eigenvalue weighted by Crippen LogP contribution is -2.35. The highest BCUT2D eigenvalue weighted by molar-refractivity contribution is 6.00. The number of phenolic OH excluding ortho intramolecular Hbond substituents is 1. The molecule has 21 heavy (non-hydrogen) atoms. The number of anilines is 1. The number of nitrogens with one attached hydrogen (secondary N) is 2. The zero-order valence-electron chi connectivity index (χ0n) is 11.5. The van der Waals surface area contributed by atoms with Crippen LogP contribution in [0.3, 0.4) is 0 Å². The van der Waals surface area contributed by atoms with Crippen LogP contribution in [0.2, 0.25) is 0 Å². The molecule has 114 valence electrons. The zero-order valence-corrected chi connectivity index (χ0v) is 11.5. The molecule has 2 rings (SSSR count). The monoisotopic (exact) mass is 294 g/mol. The van der Waals surface area contributed by atoms with Crippen LogP contribution in [-0.2, 0) is 4.74 Å². The number of urea groups is 1. The fourth-order valence-electron chi connectivity index (χ4n) is 2.17. The van der Waals surface area contributed by atoms with Gasteiger partial charge in [0, 0.05) is 19.8 Å². The maximum absolute atomic E-state index is 11.8. The first-order chi connectivity index (χ1) is 10.1. The molecule has 4 N–H and O–H groups in total. The Bertz CT molecular complexity index is 526. The van der Waals surface area contributed by atoms with Gasteiger partial charge in [-0.2, -0.15) is 0 Å². The van der Waals surface area contributed by atoms with E-state index in [0.29, 0.717) is 25.7 Å². The van der Waals surface area contributed by atoms with Gasteiger partial charge < -0.3 is 25.6 Å². The minimum Gasteiger partial charge on any atom is -0.508 e. The van der Waals surface area contributed by atoms with E-state index in [1.807, 2.05) is 0 Å². The number of phenols is 1. The van der Waals surface area contributed by atoms with Crippen LogP contribution in [0.5, 0.6) is 5.75 Å². The molecular formula is C14H18N2O5. The van der Waals surface area contributed by atoms with Crippen molar-refractivity contribution in [3.05, 3.63) is 23.8 Å². The number of carbonyl (C=O) groups is 2. The summed E-state index contributed by atoms with van der Waals surface area (Å²) < 4.78 is 5.24. The Hall–Kier alpha value is -2.28. The molecule has 0 unspecified atom stereocenters. The molecule has 1 fully saturated rings. The molecule has 1 aliphatic heterocycles. The van der Waals surface area contributed by atoms with Gasteiger partial charge >= 0.3 is 12.0 Å². The van der Waals surface area contributed by atoms with Crippen molar-refractivity contribution in [2.45, 2.75) is 12.8 Å². The number of rotatable bonds is 4. The third-order valence-corrected chi connectivity index (χ3v) is 3.37. The minimum absolute atomic E-state index is 0.143. The molecule has 0 bridgehead atoms. The van der Waals surface area contributed by atoms with Gasteiger partial charge in [0.05, 0.1) is 11.3 Å². The highest BCUT2D eigenvalue weighted by Crippen LogP contribution is 2.21. The fourth-order valence-corrected chi connectivity index (χ4v) is 2.17. The number of hydrogen-bond acceptors (Lipinski definition) is 4. The van der Waals surface area contributed by atoms with E-state index in [1.54, 1.807) is 0 Å². The third kappa shape index (κ3) is 4.35. The molecule has 0 aromatic heterocycles. The number of amides is 2. The summed E-state index contributed by atoms with van der Waals surface area (Å²) in [6, 6.07) is 3.30. The molecule has 1 saturated heterocycles. The van der Waals surface area contributed by atoms with Gasteiger partial charge in [-0.25, -0.2) is 9.59 Å². The molecule has 2 amide bonds. The van der Waals surface area contributed by atoms with E-state index in [0.717, 1.165) is 18.9 Å². The summed E-state index contributed by atoms with van der Waals surface area (Å²) in [4.78, 5) is 22.9. The van der Waals surface area contributed by atoms with Gasteiger partial charge in [0.15, 0.2) is 0 Å². The number of ether oxygens (including phenoxy) is 1. The van der Waals surface area contributed by atoms with E-state index in [9.17, 15) is 14.7 Å². The van der Waals surface area contributed by atoms with Gasteiger partial charge in [0.25, 0.3) is 0 Å². The second-order valence-electron chi connectivity index (χ2n) is 4.93. The number of carbonyl (C=O) groups excluding carboxylic acids is 1. The van der Waals surface area contributed by atoms with Gasteiger partial charge in [-0.05, 0) is 37.0 Å². The van der Waals surface area contributed by atoms with Crippen molar-refractivity contribution in [2.24, 2.45) is 5.92 Å². The summed E-state index contributed by atoms with van der Waals surface area (Å²) in [6.45, 7) is 1.93. The third-order valence-electron chi connectivity index (χ3n) is 3.37. The van der Waals surface area contributed by atoms with E-state index in [1.165, 1.54) is 12.1 Å². The summed E-state index contributed by atoms with van der Waals surface area (Å²) in [5, 5.41) is 23.5. The van der Waals surface area contributed by atoms with Gasteiger partial charge in [-0.1, -0.05) is 0 Å². The number of aromatic hydroxyl groups is 1. The van der Waals surface area contributed by atoms with Crippen LogP contribution in [0.1, 0.15) is 23.2 Å². The van der Waals surface area contributed by atoms with Crippen molar-refractivity contribution < 1.29 is 24.5 Å². The van der Waals surface area contributed by atoms with Crippen LogP contribution < -0.4 is 10.6 Å². The number of carboxylic acid groups (broad SMARTS) is 1. The Morgan fingerprint density at radius 1 is 1.29 bits per heavy atom. The number of hydrogen-bond donors (Lipinski definition) is 4. The van der Waals surface area contributed by atoms with Crippen molar-refractivity contribution in [2.75, 3.05) is 25.1 Å². The largest absolute Gasteiger partial charge is 0.508 e. The predicted molar refractivity (Wildman–Crippen MR) is 75.6 cm³/mol. The molecule has 1 aromatic rings. The van der Waals surface area contributed by atoms with E-state index >= 15 is 0 Å². The molecule has 7 nitrogen and oxygen atoms in total. The highest BCUT2D eigenvalue weighted by Gasteiger charge is 2.16. The molecule has 7 heteroatoms. The Morgan fingerprint density at radius 3 is 2.67 bits per heavy atom. The second kappa shape index (κ2) is 6.94. The van der Waals surface area contributed by atoms with Gasteiger partial charge in [0.2, 0.25) is 0 Å². The lowest BCUT2D eigenvalue weighted by atomic mass is 10.0. The highest BCUT2D eigenvalue weighted by atomic mass is 16.5. The summed E-state index contributed by atoms with van der Waals surface area (Å²) in [5.41, 5.74) is -0.0130. The molecule has 0 spiro atoms. The second-order valence-corrected chi connectivity index (χ2v) is 4.93. The standard InChI is InChI=1S/C14H18N2O5/c17-10-1-2-12(11(7-10)13(18)19)16-14(20)15-8-9-3-5-21-6-4-9/h1-2,7,9,17H,3-6,8H2,(H,18,19)(H2,15,16,20). The number of carboxylic acids is 1.